The Kier molecular flexibility index (Phi) is 6.00. The van der Waals surface area contributed by atoms with Crippen molar-refractivity contribution in [2.75, 3.05) is 13.1 Å². The molecule has 2 aromatic rings. The van der Waals surface area contributed by atoms with Gasteiger partial charge in [0.15, 0.2) is 0 Å². The van der Waals surface area contributed by atoms with Crippen LogP contribution in [-0.4, -0.2) is 33.7 Å². The molecule has 0 saturated carbocycles. The van der Waals surface area contributed by atoms with Gasteiger partial charge in [-0.3, -0.25) is 20.2 Å². The van der Waals surface area contributed by atoms with Crippen LogP contribution in [0.1, 0.15) is 25.0 Å². The van der Waals surface area contributed by atoms with Crippen molar-refractivity contribution in [3.05, 3.63) is 73.8 Å². The largest absolute Gasteiger partial charge is 0.357 e. The van der Waals surface area contributed by atoms with Crippen LogP contribution in [0.4, 0.5) is 17.1 Å². The zero-order valence-electron chi connectivity index (χ0n) is 14.9. The molecule has 0 atom stereocenters. The van der Waals surface area contributed by atoms with Gasteiger partial charge in [0.25, 0.3) is 11.4 Å². The monoisotopic (exact) mass is 356 g/mol. The lowest BCUT2D eigenvalue weighted by Gasteiger charge is -2.23. The van der Waals surface area contributed by atoms with Gasteiger partial charge in [0.05, 0.1) is 15.5 Å². The number of amidine groups is 1. The summed E-state index contributed by atoms with van der Waals surface area (Å²) in [6.45, 7) is 7.15. The van der Waals surface area contributed by atoms with Crippen LogP contribution in [0.15, 0.2) is 47.5 Å². The number of hydrogen-bond acceptors (Lipinski definition) is 5. The Morgan fingerprint density at radius 2 is 1.50 bits per heavy atom. The maximum absolute atomic E-state index is 11.1. The molecular weight excluding hydrogens is 336 g/mol. The van der Waals surface area contributed by atoms with Gasteiger partial charge in [0.1, 0.15) is 5.84 Å². The molecule has 0 saturated heterocycles. The van der Waals surface area contributed by atoms with E-state index in [1.54, 1.807) is 18.2 Å². The maximum Gasteiger partial charge on any atom is 0.271 e. The Labute approximate surface area is 151 Å². The average Bonchev–Trinajstić information content (AvgIpc) is 2.63. The summed E-state index contributed by atoms with van der Waals surface area (Å²) in [5.41, 5.74) is 1.99. The average molecular weight is 356 g/mol. The van der Waals surface area contributed by atoms with Crippen molar-refractivity contribution in [3.8, 4) is 0 Å². The molecule has 0 spiro atoms. The first-order valence-electron chi connectivity index (χ1n) is 8.20. The van der Waals surface area contributed by atoms with E-state index in [1.807, 2.05) is 25.7 Å². The number of aliphatic imine (C=N–C) groups is 1. The second-order valence-electron chi connectivity index (χ2n) is 5.64. The highest BCUT2D eigenvalue weighted by Crippen LogP contribution is 2.26. The van der Waals surface area contributed by atoms with Gasteiger partial charge in [-0.1, -0.05) is 6.07 Å². The summed E-state index contributed by atoms with van der Waals surface area (Å²) in [5, 5.41) is 21.9. The predicted molar refractivity (Wildman–Crippen MR) is 100 cm³/mol. The smallest absolute Gasteiger partial charge is 0.271 e. The van der Waals surface area contributed by atoms with Crippen molar-refractivity contribution in [2.45, 2.75) is 20.8 Å². The first-order valence-corrected chi connectivity index (χ1v) is 8.20. The topological polar surface area (TPSA) is 102 Å². The molecule has 2 rings (SSSR count). The highest BCUT2D eigenvalue weighted by Gasteiger charge is 2.15. The highest BCUT2D eigenvalue weighted by atomic mass is 16.6. The van der Waals surface area contributed by atoms with Gasteiger partial charge in [-0.15, -0.1) is 0 Å². The fourth-order valence-corrected chi connectivity index (χ4v) is 2.52. The summed E-state index contributed by atoms with van der Waals surface area (Å²) >= 11 is 0. The number of rotatable bonds is 6. The number of nitrogens with zero attached hydrogens (tertiary/aromatic N) is 4. The van der Waals surface area contributed by atoms with E-state index in [0.717, 1.165) is 5.56 Å². The SMILES string of the molecule is CCN(CC)C(=Nc1cc([N+](=O)[O-])ccc1C)c1ccc([N+](=O)[O-])cc1. The van der Waals surface area contributed by atoms with E-state index < -0.39 is 9.85 Å². The lowest BCUT2D eigenvalue weighted by atomic mass is 10.1. The Bertz CT molecular complexity index is 843. The van der Waals surface area contributed by atoms with Crippen LogP contribution in [0.5, 0.6) is 0 Å². The molecular formula is C18H20N4O4. The predicted octanol–water partition coefficient (Wildman–Crippen LogP) is 4.23. The van der Waals surface area contributed by atoms with Crippen LogP contribution in [0.2, 0.25) is 0 Å². The molecule has 136 valence electrons. The Morgan fingerprint density at radius 1 is 0.962 bits per heavy atom. The lowest BCUT2D eigenvalue weighted by Crippen LogP contribution is -2.31. The highest BCUT2D eigenvalue weighted by molar-refractivity contribution is 6.00. The first kappa shape index (κ1) is 19.0. The second-order valence-corrected chi connectivity index (χ2v) is 5.64. The fourth-order valence-electron chi connectivity index (χ4n) is 2.52. The second kappa shape index (κ2) is 8.19. The third-order valence-electron chi connectivity index (χ3n) is 4.03. The minimum atomic E-state index is -0.457. The molecule has 0 radical (unpaired) electrons. The van der Waals surface area contributed by atoms with Gasteiger partial charge in [0, 0.05) is 42.9 Å². The van der Waals surface area contributed by atoms with Crippen molar-refractivity contribution in [1.29, 1.82) is 0 Å². The Hall–Kier alpha value is -3.29. The Morgan fingerprint density at radius 3 is 2.00 bits per heavy atom. The summed E-state index contributed by atoms with van der Waals surface area (Å²) in [6.07, 6.45) is 0. The zero-order chi connectivity index (χ0) is 19.3. The van der Waals surface area contributed by atoms with Gasteiger partial charge >= 0.3 is 0 Å². The molecule has 0 heterocycles. The summed E-state index contributed by atoms with van der Waals surface area (Å²) in [4.78, 5) is 27.7. The third-order valence-corrected chi connectivity index (χ3v) is 4.03. The molecule has 26 heavy (non-hydrogen) atoms. The van der Waals surface area contributed by atoms with Gasteiger partial charge in [0.2, 0.25) is 0 Å². The van der Waals surface area contributed by atoms with Crippen molar-refractivity contribution in [1.82, 2.24) is 4.90 Å². The molecule has 8 nitrogen and oxygen atoms in total. The van der Waals surface area contributed by atoms with Gasteiger partial charge in [-0.2, -0.15) is 0 Å². The van der Waals surface area contributed by atoms with Gasteiger partial charge < -0.3 is 4.90 Å². The van der Waals surface area contributed by atoms with Crippen molar-refractivity contribution < 1.29 is 9.85 Å². The number of aryl methyl sites for hydroxylation is 1. The number of hydrogen-bond donors (Lipinski definition) is 0. The van der Waals surface area contributed by atoms with Crippen LogP contribution < -0.4 is 0 Å². The molecule has 0 bridgehead atoms. The number of nitro groups is 2. The normalized spacial score (nSPS) is 11.3. The summed E-state index contributed by atoms with van der Waals surface area (Å²) in [6, 6.07) is 10.7. The van der Waals surface area contributed by atoms with E-state index in [4.69, 9.17) is 0 Å². The number of benzene rings is 2. The van der Waals surface area contributed by atoms with Crippen molar-refractivity contribution >= 4 is 22.9 Å². The standard InChI is InChI=1S/C18H20N4O4/c1-4-20(5-2)18(14-7-10-15(11-8-14)21(23)24)19-17-12-16(22(25)26)9-6-13(17)3/h6-12H,4-5H2,1-3H3. The van der Waals surface area contributed by atoms with E-state index in [1.165, 1.54) is 24.3 Å². The van der Waals surface area contributed by atoms with E-state index in [2.05, 4.69) is 4.99 Å². The maximum atomic E-state index is 11.1. The molecule has 0 amide bonds. The minimum absolute atomic E-state index is 0.000763. The van der Waals surface area contributed by atoms with Crippen LogP contribution in [-0.2, 0) is 0 Å². The van der Waals surface area contributed by atoms with Gasteiger partial charge in [-0.25, -0.2) is 4.99 Å². The molecule has 0 fully saturated rings. The van der Waals surface area contributed by atoms with Crippen LogP contribution in [0.3, 0.4) is 0 Å². The molecule has 0 unspecified atom stereocenters. The summed E-state index contributed by atoms with van der Waals surface area (Å²) in [5.74, 6) is 0.619. The molecule has 2 aromatic carbocycles. The van der Waals surface area contributed by atoms with E-state index >= 15 is 0 Å². The fraction of sp³-hybridized carbons (Fsp3) is 0.278. The van der Waals surface area contributed by atoms with Crippen molar-refractivity contribution in [2.24, 2.45) is 4.99 Å². The van der Waals surface area contributed by atoms with Gasteiger partial charge in [-0.05, 0) is 38.5 Å². The third kappa shape index (κ3) is 4.21. The Balaban J connectivity index is 2.58. The molecule has 0 aliphatic rings. The quantitative estimate of drug-likeness (QED) is 0.333. The molecule has 0 aliphatic carbocycles. The number of nitro benzene ring substituents is 2. The number of non-ortho nitro benzene ring substituents is 2. The van der Waals surface area contributed by atoms with Crippen LogP contribution in [0, 0.1) is 27.2 Å². The zero-order valence-corrected chi connectivity index (χ0v) is 14.9. The van der Waals surface area contributed by atoms with Crippen LogP contribution in [0.25, 0.3) is 0 Å². The van der Waals surface area contributed by atoms with Crippen molar-refractivity contribution in [3.63, 3.8) is 0 Å². The molecule has 0 N–H and O–H groups in total. The molecule has 8 heteroatoms. The van der Waals surface area contributed by atoms with Crippen LogP contribution >= 0.6 is 0 Å². The summed E-state index contributed by atoms with van der Waals surface area (Å²) < 4.78 is 0. The lowest BCUT2D eigenvalue weighted by molar-refractivity contribution is -0.385. The van der Waals surface area contributed by atoms with E-state index in [-0.39, 0.29) is 11.4 Å². The van der Waals surface area contributed by atoms with E-state index in [9.17, 15) is 20.2 Å². The molecule has 0 aromatic heterocycles. The first-order chi connectivity index (χ1) is 12.4. The van der Waals surface area contributed by atoms with E-state index in [0.29, 0.717) is 30.2 Å². The molecule has 0 aliphatic heterocycles. The summed E-state index contributed by atoms with van der Waals surface area (Å²) in [7, 11) is 0. The minimum Gasteiger partial charge on any atom is -0.357 e.